The molecular weight excluding hydrogens is 382 g/mol. The first-order chi connectivity index (χ1) is 14.5. The van der Waals surface area contributed by atoms with E-state index in [1.54, 1.807) is 12.3 Å². The van der Waals surface area contributed by atoms with Crippen molar-refractivity contribution in [3.63, 3.8) is 0 Å². The largest absolute Gasteiger partial charge is 0.481 e. The van der Waals surface area contributed by atoms with Gasteiger partial charge in [0.1, 0.15) is 5.82 Å². The fourth-order valence-corrected chi connectivity index (χ4v) is 3.94. The zero-order valence-corrected chi connectivity index (χ0v) is 17.5. The first-order valence-corrected chi connectivity index (χ1v) is 10.7. The molecule has 0 bridgehead atoms. The Labute approximate surface area is 177 Å². The Balaban J connectivity index is 1.46. The highest BCUT2D eigenvalue weighted by atomic mass is 16.5. The van der Waals surface area contributed by atoms with Crippen LogP contribution in [0.25, 0.3) is 0 Å². The third-order valence-electron chi connectivity index (χ3n) is 5.59. The maximum absolute atomic E-state index is 11.3. The van der Waals surface area contributed by atoms with Gasteiger partial charge in [0, 0.05) is 24.5 Å². The Morgan fingerprint density at radius 3 is 2.87 bits per heavy atom. The summed E-state index contributed by atoms with van der Waals surface area (Å²) in [6.07, 6.45) is 7.03. The van der Waals surface area contributed by atoms with Gasteiger partial charge in [-0.05, 0) is 61.6 Å². The quantitative estimate of drug-likeness (QED) is 0.484. The zero-order valence-electron chi connectivity index (χ0n) is 17.5. The molecule has 2 aromatic heterocycles. The second-order valence-electron chi connectivity index (χ2n) is 7.90. The number of nitrogens with zero attached hydrogens (tertiary/aromatic N) is 2. The number of carboxylic acid groups (broad SMARTS) is 1. The lowest BCUT2D eigenvalue weighted by molar-refractivity contribution is -0.137. The van der Waals surface area contributed by atoms with E-state index in [4.69, 9.17) is 9.72 Å². The summed E-state index contributed by atoms with van der Waals surface area (Å²) in [4.78, 5) is 20.1. The topological polar surface area (TPSA) is 105 Å². The van der Waals surface area contributed by atoms with Crippen LogP contribution in [0.2, 0.25) is 0 Å². The number of methoxy groups -OCH3 is 1. The van der Waals surface area contributed by atoms with E-state index in [2.05, 4.69) is 22.4 Å². The summed E-state index contributed by atoms with van der Waals surface area (Å²) in [5, 5.41) is 23.1. The van der Waals surface area contributed by atoms with Gasteiger partial charge < -0.3 is 20.3 Å². The molecule has 1 aliphatic heterocycles. The van der Waals surface area contributed by atoms with Gasteiger partial charge in [-0.25, -0.2) is 9.97 Å². The molecule has 3 heterocycles. The molecule has 0 radical (unpaired) electrons. The van der Waals surface area contributed by atoms with Crippen LogP contribution in [0.15, 0.2) is 30.5 Å². The fraction of sp³-hybridized carbons (Fsp3) is 0.522. The number of aliphatic hydroxyl groups excluding tert-OH is 1. The number of rotatable bonds is 11. The van der Waals surface area contributed by atoms with Crippen LogP contribution in [0.3, 0.4) is 0 Å². The molecule has 0 aliphatic carbocycles. The molecule has 2 atom stereocenters. The Morgan fingerprint density at radius 2 is 2.13 bits per heavy atom. The number of carbonyl (C=O) groups is 1. The van der Waals surface area contributed by atoms with Crippen molar-refractivity contribution in [2.45, 2.75) is 63.4 Å². The Kier molecular flexibility index (Phi) is 8.02. The van der Waals surface area contributed by atoms with Gasteiger partial charge in [-0.1, -0.05) is 18.6 Å². The summed E-state index contributed by atoms with van der Waals surface area (Å²) in [6.45, 7) is 0.983. The average molecular weight is 414 g/mol. The molecule has 3 rings (SSSR count). The van der Waals surface area contributed by atoms with Crippen LogP contribution in [0.5, 0.6) is 5.88 Å². The minimum Gasteiger partial charge on any atom is -0.481 e. The van der Waals surface area contributed by atoms with Gasteiger partial charge in [0.2, 0.25) is 5.88 Å². The molecule has 1 unspecified atom stereocenters. The number of anilines is 1. The highest BCUT2D eigenvalue weighted by molar-refractivity contribution is 5.68. The van der Waals surface area contributed by atoms with E-state index < -0.39 is 12.1 Å². The third kappa shape index (κ3) is 6.42. The van der Waals surface area contributed by atoms with Gasteiger partial charge in [0.05, 0.1) is 19.6 Å². The van der Waals surface area contributed by atoms with Crippen LogP contribution in [-0.2, 0) is 17.6 Å². The molecule has 0 aromatic carbocycles. The number of aryl methyl sites for hydroxylation is 2. The van der Waals surface area contributed by atoms with Crippen molar-refractivity contribution in [3.8, 4) is 5.88 Å². The number of hydrogen-bond donors (Lipinski definition) is 3. The zero-order chi connectivity index (χ0) is 21.3. The highest BCUT2D eigenvalue weighted by Gasteiger charge is 2.20. The van der Waals surface area contributed by atoms with Crippen molar-refractivity contribution < 1.29 is 19.7 Å². The predicted molar refractivity (Wildman–Crippen MR) is 115 cm³/mol. The van der Waals surface area contributed by atoms with E-state index in [0.717, 1.165) is 55.7 Å². The minimum atomic E-state index is -0.880. The van der Waals surface area contributed by atoms with Crippen molar-refractivity contribution in [2.75, 3.05) is 19.0 Å². The van der Waals surface area contributed by atoms with Crippen molar-refractivity contribution in [1.82, 2.24) is 9.97 Å². The van der Waals surface area contributed by atoms with E-state index in [1.807, 2.05) is 6.07 Å². The lowest BCUT2D eigenvalue weighted by atomic mass is 9.89. The van der Waals surface area contributed by atoms with Crippen LogP contribution >= 0.6 is 0 Å². The molecule has 0 saturated heterocycles. The molecule has 3 N–H and O–H groups in total. The van der Waals surface area contributed by atoms with Crippen LogP contribution in [0.1, 0.15) is 61.3 Å². The van der Waals surface area contributed by atoms with E-state index in [-0.39, 0.29) is 12.3 Å². The molecule has 7 nitrogen and oxygen atoms in total. The normalized spacial score (nSPS) is 15.0. The molecular formula is C23H31N3O4. The molecule has 162 valence electrons. The first-order valence-electron chi connectivity index (χ1n) is 10.7. The van der Waals surface area contributed by atoms with E-state index >= 15 is 0 Å². The predicted octanol–water partition coefficient (Wildman–Crippen LogP) is 3.57. The number of aromatic nitrogens is 2. The number of hydrogen-bond acceptors (Lipinski definition) is 6. The number of fused-ring (bicyclic) bond motifs is 1. The second kappa shape index (κ2) is 10.9. The molecule has 1 aliphatic rings. The van der Waals surface area contributed by atoms with Crippen molar-refractivity contribution in [1.29, 1.82) is 0 Å². The fourth-order valence-electron chi connectivity index (χ4n) is 3.94. The monoisotopic (exact) mass is 413 g/mol. The molecule has 0 amide bonds. The molecule has 0 spiro atoms. The number of carboxylic acids is 1. The Bertz CT molecular complexity index is 826. The van der Waals surface area contributed by atoms with Gasteiger partial charge in [-0.3, -0.25) is 4.79 Å². The third-order valence-corrected chi connectivity index (χ3v) is 5.59. The van der Waals surface area contributed by atoms with Crippen LogP contribution < -0.4 is 10.1 Å². The standard InChI is InChI=1S/C23H31N3O4/c1-30-21-11-9-17(15-25-21)18(14-22(28)29)13-20(27)7-3-2-6-19-10-8-16-5-4-12-24-23(16)26-19/h8-11,15,18,20,27H,2-7,12-14H2,1H3,(H,24,26)(H,28,29)/t18-,20?/m1/s1. The minimum absolute atomic E-state index is 0.0306. The summed E-state index contributed by atoms with van der Waals surface area (Å²) in [7, 11) is 1.54. The van der Waals surface area contributed by atoms with Crippen LogP contribution in [-0.4, -0.2) is 45.9 Å². The van der Waals surface area contributed by atoms with Gasteiger partial charge in [-0.2, -0.15) is 0 Å². The maximum atomic E-state index is 11.3. The number of nitrogens with one attached hydrogen (secondary N) is 1. The Morgan fingerprint density at radius 1 is 1.27 bits per heavy atom. The van der Waals surface area contributed by atoms with E-state index in [9.17, 15) is 15.0 Å². The lowest BCUT2D eigenvalue weighted by Gasteiger charge is -2.19. The SMILES string of the molecule is COc1ccc([C@@H](CC(=O)O)CC(O)CCCCc2ccc3c(n2)NCCC3)cn1. The number of ether oxygens (including phenoxy) is 1. The van der Waals surface area contributed by atoms with Crippen molar-refractivity contribution in [3.05, 3.63) is 47.3 Å². The second-order valence-corrected chi connectivity index (χ2v) is 7.90. The van der Waals surface area contributed by atoms with E-state index in [1.165, 1.54) is 12.7 Å². The molecule has 2 aromatic rings. The number of aliphatic hydroxyl groups is 1. The highest BCUT2D eigenvalue weighted by Crippen LogP contribution is 2.27. The van der Waals surface area contributed by atoms with E-state index in [0.29, 0.717) is 18.7 Å². The number of aliphatic carboxylic acids is 1. The summed E-state index contributed by atoms with van der Waals surface area (Å²) < 4.78 is 5.06. The van der Waals surface area contributed by atoms with Crippen molar-refractivity contribution in [2.24, 2.45) is 0 Å². The van der Waals surface area contributed by atoms with Crippen molar-refractivity contribution >= 4 is 11.8 Å². The molecule has 30 heavy (non-hydrogen) atoms. The first kappa shape index (κ1) is 22.0. The summed E-state index contributed by atoms with van der Waals surface area (Å²) in [6, 6.07) is 7.80. The Hall–Kier alpha value is -2.67. The summed E-state index contributed by atoms with van der Waals surface area (Å²) in [5.41, 5.74) is 3.17. The van der Waals surface area contributed by atoms with Gasteiger partial charge in [0.15, 0.2) is 0 Å². The summed E-state index contributed by atoms with van der Waals surface area (Å²) in [5.74, 6) is 0.349. The average Bonchev–Trinajstić information content (AvgIpc) is 2.76. The van der Waals surface area contributed by atoms with Crippen LogP contribution in [0.4, 0.5) is 5.82 Å². The van der Waals surface area contributed by atoms with Gasteiger partial charge >= 0.3 is 5.97 Å². The van der Waals surface area contributed by atoms with Crippen LogP contribution in [0, 0.1) is 0 Å². The van der Waals surface area contributed by atoms with Gasteiger partial charge in [0.25, 0.3) is 0 Å². The maximum Gasteiger partial charge on any atom is 0.303 e. The smallest absolute Gasteiger partial charge is 0.303 e. The molecule has 7 heteroatoms. The number of unbranched alkanes of at least 4 members (excludes halogenated alkanes) is 1. The number of pyridine rings is 2. The summed E-state index contributed by atoms with van der Waals surface area (Å²) >= 11 is 0. The molecule has 0 saturated carbocycles. The van der Waals surface area contributed by atoms with Gasteiger partial charge in [-0.15, -0.1) is 0 Å². The lowest BCUT2D eigenvalue weighted by Crippen LogP contribution is -2.16. The molecule has 0 fully saturated rings.